The lowest BCUT2D eigenvalue weighted by Gasteiger charge is -2.27. The number of amides is 1. The molecule has 1 aromatic carbocycles. The van der Waals surface area contributed by atoms with Gasteiger partial charge in [-0.25, -0.2) is 8.42 Å². The van der Waals surface area contributed by atoms with Crippen LogP contribution in [0.1, 0.15) is 25.0 Å². The van der Waals surface area contributed by atoms with Crippen molar-refractivity contribution in [2.45, 2.75) is 38.6 Å². The van der Waals surface area contributed by atoms with Gasteiger partial charge in [0.1, 0.15) is 6.04 Å². The number of carbonyl (C=O) groups excluding carboxylic acids is 1. The Bertz CT molecular complexity index is 813. The van der Waals surface area contributed by atoms with Gasteiger partial charge in [-0.1, -0.05) is 0 Å². The van der Waals surface area contributed by atoms with Crippen LogP contribution < -0.4 is 5.32 Å². The van der Waals surface area contributed by atoms with Crippen LogP contribution in [-0.2, 0) is 19.6 Å². The number of nitro benzene ring substituents is 1. The Labute approximate surface area is 151 Å². The van der Waals surface area contributed by atoms with E-state index in [9.17, 15) is 33.2 Å². The molecule has 2 N–H and O–H groups in total. The summed E-state index contributed by atoms with van der Waals surface area (Å²) in [6.07, 6.45) is 0. The third-order valence-corrected chi connectivity index (χ3v) is 5.99. The summed E-state index contributed by atoms with van der Waals surface area (Å²) in [5.41, 5.74) is 0.0210. The first kappa shape index (κ1) is 21.5. The molecular formula is C15H21N3O7S. The van der Waals surface area contributed by atoms with Gasteiger partial charge in [-0.3, -0.25) is 19.7 Å². The SMILES string of the molecule is CC(=O)NCCN(C(C)C(=O)O)S(=O)(=O)c1c(C)cc([N+](=O)[O-])cc1C. The zero-order valence-electron chi connectivity index (χ0n) is 14.8. The number of nitrogens with zero attached hydrogens (tertiary/aromatic N) is 2. The zero-order chi connectivity index (χ0) is 20.2. The number of hydrogen-bond donors (Lipinski definition) is 2. The van der Waals surface area contributed by atoms with Crippen LogP contribution in [0.2, 0.25) is 0 Å². The van der Waals surface area contributed by atoms with Gasteiger partial charge in [0, 0.05) is 32.1 Å². The second-order valence-corrected chi connectivity index (χ2v) is 7.61. The molecule has 1 amide bonds. The molecule has 11 heteroatoms. The fraction of sp³-hybridized carbons (Fsp3) is 0.467. The molecule has 1 aromatic rings. The number of carboxylic acid groups (broad SMARTS) is 1. The molecule has 0 saturated carbocycles. The average Bonchev–Trinajstić information content (AvgIpc) is 2.49. The van der Waals surface area contributed by atoms with Crippen LogP contribution in [0.4, 0.5) is 5.69 Å². The smallest absolute Gasteiger partial charge is 0.321 e. The Morgan fingerprint density at radius 2 is 1.81 bits per heavy atom. The summed E-state index contributed by atoms with van der Waals surface area (Å²) < 4.78 is 26.9. The molecule has 0 aliphatic rings. The normalized spacial score (nSPS) is 12.7. The van der Waals surface area contributed by atoms with Crippen molar-refractivity contribution < 1.29 is 28.0 Å². The number of rotatable bonds is 8. The highest BCUT2D eigenvalue weighted by molar-refractivity contribution is 7.89. The maximum atomic E-state index is 13.1. The van der Waals surface area contributed by atoms with E-state index in [2.05, 4.69) is 5.32 Å². The molecule has 1 atom stereocenters. The fourth-order valence-electron chi connectivity index (χ4n) is 2.54. The van der Waals surface area contributed by atoms with Crippen LogP contribution in [0.25, 0.3) is 0 Å². The van der Waals surface area contributed by atoms with Crippen molar-refractivity contribution in [3.05, 3.63) is 33.4 Å². The predicted octanol–water partition coefficient (Wildman–Crippen LogP) is 0.812. The summed E-state index contributed by atoms with van der Waals surface area (Å²) in [5, 5.41) is 22.6. The molecule has 0 aliphatic carbocycles. The van der Waals surface area contributed by atoms with Gasteiger partial charge in [0.05, 0.1) is 9.82 Å². The molecule has 1 unspecified atom stereocenters. The lowest BCUT2D eigenvalue weighted by atomic mass is 10.1. The summed E-state index contributed by atoms with van der Waals surface area (Å²) in [4.78, 5) is 32.5. The van der Waals surface area contributed by atoms with E-state index in [0.29, 0.717) is 0 Å². The lowest BCUT2D eigenvalue weighted by molar-refractivity contribution is -0.385. The predicted molar refractivity (Wildman–Crippen MR) is 92.2 cm³/mol. The molecular weight excluding hydrogens is 366 g/mol. The monoisotopic (exact) mass is 387 g/mol. The van der Waals surface area contributed by atoms with Gasteiger partial charge in [0.15, 0.2) is 0 Å². The number of nitro groups is 1. The Morgan fingerprint density at radius 1 is 1.31 bits per heavy atom. The molecule has 0 radical (unpaired) electrons. The van der Waals surface area contributed by atoms with Gasteiger partial charge in [0.2, 0.25) is 15.9 Å². The highest BCUT2D eigenvalue weighted by Gasteiger charge is 2.35. The van der Waals surface area contributed by atoms with Crippen molar-refractivity contribution in [1.82, 2.24) is 9.62 Å². The molecule has 26 heavy (non-hydrogen) atoms. The maximum absolute atomic E-state index is 13.1. The van der Waals surface area contributed by atoms with Gasteiger partial charge in [-0.2, -0.15) is 4.31 Å². The zero-order valence-corrected chi connectivity index (χ0v) is 15.7. The van der Waals surface area contributed by atoms with Crippen LogP contribution >= 0.6 is 0 Å². The largest absolute Gasteiger partial charge is 0.480 e. The Kier molecular flexibility index (Phi) is 6.81. The second-order valence-electron chi connectivity index (χ2n) is 5.78. The van der Waals surface area contributed by atoms with Crippen molar-refractivity contribution in [2.24, 2.45) is 0 Å². The third kappa shape index (κ3) is 4.76. The van der Waals surface area contributed by atoms with E-state index in [1.165, 1.54) is 27.7 Å². The van der Waals surface area contributed by atoms with Crippen LogP contribution in [-0.4, -0.2) is 53.8 Å². The minimum atomic E-state index is -4.27. The van der Waals surface area contributed by atoms with Gasteiger partial charge >= 0.3 is 5.97 Å². The number of nitrogens with one attached hydrogen (secondary N) is 1. The molecule has 0 saturated heterocycles. The third-order valence-electron chi connectivity index (χ3n) is 3.72. The van der Waals surface area contributed by atoms with E-state index in [-0.39, 0.29) is 40.7 Å². The van der Waals surface area contributed by atoms with E-state index >= 15 is 0 Å². The van der Waals surface area contributed by atoms with E-state index < -0.39 is 27.0 Å². The molecule has 10 nitrogen and oxygen atoms in total. The van der Waals surface area contributed by atoms with E-state index in [0.717, 1.165) is 16.4 Å². The number of benzene rings is 1. The van der Waals surface area contributed by atoms with Crippen molar-refractivity contribution in [3.8, 4) is 0 Å². The van der Waals surface area contributed by atoms with Crippen LogP contribution in [0, 0.1) is 24.0 Å². The lowest BCUT2D eigenvalue weighted by Crippen LogP contribution is -2.47. The fourth-order valence-corrected chi connectivity index (χ4v) is 4.55. The average molecular weight is 387 g/mol. The standard InChI is InChI=1S/C15H21N3O7S/c1-9-7-13(18(22)23)8-10(2)14(9)26(24,25)17(11(3)15(20)21)6-5-16-12(4)19/h7-8,11H,5-6H2,1-4H3,(H,16,19)(H,20,21). The molecule has 1 rings (SSSR count). The summed E-state index contributed by atoms with van der Waals surface area (Å²) in [5.74, 6) is -1.73. The Balaban J connectivity index is 3.42. The summed E-state index contributed by atoms with van der Waals surface area (Å²) in [6, 6.07) is 0.858. The minimum Gasteiger partial charge on any atom is -0.480 e. The summed E-state index contributed by atoms with van der Waals surface area (Å²) in [6.45, 7) is 4.95. The number of carbonyl (C=O) groups is 2. The molecule has 0 spiro atoms. The quantitative estimate of drug-likeness (QED) is 0.495. The molecule has 0 aliphatic heterocycles. The topological polar surface area (TPSA) is 147 Å². The van der Waals surface area contributed by atoms with Crippen molar-refractivity contribution in [3.63, 3.8) is 0 Å². The number of carboxylic acids is 1. The van der Waals surface area contributed by atoms with Crippen LogP contribution in [0.15, 0.2) is 17.0 Å². The Hall–Kier alpha value is -2.53. The minimum absolute atomic E-state index is 0.0722. The first-order chi connectivity index (χ1) is 11.9. The molecule has 0 fully saturated rings. The molecule has 0 aromatic heterocycles. The summed E-state index contributed by atoms with van der Waals surface area (Å²) >= 11 is 0. The number of sulfonamides is 1. The second kappa shape index (κ2) is 8.23. The van der Waals surface area contributed by atoms with Gasteiger partial charge in [-0.15, -0.1) is 0 Å². The van der Waals surface area contributed by atoms with Crippen LogP contribution in [0.3, 0.4) is 0 Å². The van der Waals surface area contributed by atoms with E-state index in [1.54, 1.807) is 0 Å². The molecule has 144 valence electrons. The number of aliphatic carboxylic acids is 1. The number of hydrogen-bond acceptors (Lipinski definition) is 6. The highest BCUT2D eigenvalue weighted by Crippen LogP contribution is 2.29. The van der Waals surface area contributed by atoms with Gasteiger partial charge in [0.25, 0.3) is 5.69 Å². The van der Waals surface area contributed by atoms with Crippen LogP contribution in [0.5, 0.6) is 0 Å². The van der Waals surface area contributed by atoms with Crippen molar-refractivity contribution in [2.75, 3.05) is 13.1 Å². The van der Waals surface area contributed by atoms with Crippen molar-refractivity contribution in [1.29, 1.82) is 0 Å². The van der Waals surface area contributed by atoms with Gasteiger partial charge < -0.3 is 10.4 Å². The number of aryl methyl sites for hydroxylation is 2. The maximum Gasteiger partial charge on any atom is 0.321 e. The van der Waals surface area contributed by atoms with E-state index in [1.807, 2.05) is 0 Å². The van der Waals surface area contributed by atoms with Crippen molar-refractivity contribution >= 4 is 27.6 Å². The first-order valence-electron chi connectivity index (χ1n) is 7.64. The Morgan fingerprint density at radius 3 is 2.19 bits per heavy atom. The van der Waals surface area contributed by atoms with E-state index in [4.69, 9.17) is 0 Å². The molecule has 0 bridgehead atoms. The first-order valence-corrected chi connectivity index (χ1v) is 9.08. The number of non-ortho nitro benzene ring substituents is 1. The molecule has 0 heterocycles. The van der Waals surface area contributed by atoms with Gasteiger partial charge in [-0.05, 0) is 31.9 Å². The summed E-state index contributed by atoms with van der Waals surface area (Å²) in [7, 11) is -4.27. The highest BCUT2D eigenvalue weighted by atomic mass is 32.2.